The highest BCUT2D eigenvalue weighted by Crippen LogP contribution is 2.49. The van der Waals surface area contributed by atoms with Crippen LogP contribution in [0.3, 0.4) is 0 Å². The molecule has 1 aliphatic rings. The van der Waals surface area contributed by atoms with Crippen LogP contribution in [-0.2, 0) is 4.79 Å². The van der Waals surface area contributed by atoms with Gasteiger partial charge >= 0.3 is 0 Å². The summed E-state index contributed by atoms with van der Waals surface area (Å²) in [5, 5.41) is -0.248. The lowest BCUT2D eigenvalue weighted by atomic mass is 10.1. The summed E-state index contributed by atoms with van der Waals surface area (Å²) in [6.07, 6.45) is 3.05. The number of hydrogen-bond acceptors (Lipinski definition) is 1. The van der Waals surface area contributed by atoms with Crippen LogP contribution in [-0.4, -0.2) is 11.7 Å². The van der Waals surface area contributed by atoms with E-state index < -0.39 is 0 Å². The SMILES string of the molecule is CC1(C(Cl)C=O)CC1. The van der Waals surface area contributed by atoms with Gasteiger partial charge < -0.3 is 4.79 Å². The molecule has 0 aliphatic heterocycles. The van der Waals surface area contributed by atoms with Gasteiger partial charge in [-0.2, -0.15) is 0 Å². The summed E-state index contributed by atoms with van der Waals surface area (Å²) >= 11 is 5.64. The molecule has 2 heteroatoms. The maximum absolute atomic E-state index is 10.1. The number of rotatable bonds is 2. The molecule has 0 saturated heterocycles. The van der Waals surface area contributed by atoms with E-state index in [0.29, 0.717) is 0 Å². The fraction of sp³-hybridized carbons (Fsp3) is 0.833. The molecule has 1 aliphatic carbocycles. The summed E-state index contributed by atoms with van der Waals surface area (Å²) in [7, 11) is 0. The third-order valence-electron chi connectivity index (χ3n) is 1.82. The molecule has 1 rings (SSSR count). The number of hydrogen-bond donors (Lipinski definition) is 0. The van der Waals surface area contributed by atoms with E-state index in [-0.39, 0.29) is 10.8 Å². The van der Waals surface area contributed by atoms with Crippen molar-refractivity contribution >= 4 is 17.9 Å². The van der Waals surface area contributed by atoms with Crippen molar-refractivity contribution in [2.24, 2.45) is 5.41 Å². The first kappa shape index (κ1) is 6.09. The van der Waals surface area contributed by atoms with Crippen molar-refractivity contribution in [1.82, 2.24) is 0 Å². The zero-order valence-corrected chi connectivity index (χ0v) is 5.61. The molecule has 46 valence electrons. The molecule has 1 nitrogen and oxygen atoms in total. The largest absolute Gasteiger partial charge is 0.302 e. The molecule has 1 unspecified atom stereocenters. The van der Waals surface area contributed by atoms with Crippen molar-refractivity contribution in [3.05, 3.63) is 0 Å². The Morgan fingerprint density at radius 2 is 2.25 bits per heavy atom. The number of halogens is 1. The van der Waals surface area contributed by atoms with Crippen molar-refractivity contribution in [1.29, 1.82) is 0 Å². The Balaban J connectivity index is 2.45. The Labute approximate surface area is 54.0 Å². The molecule has 0 aromatic rings. The molecule has 0 bridgehead atoms. The molecule has 1 saturated carbocycles. The van der Waals surface area contributed by atoms with Crippen LogP contribution in [0.5, 0.6) is 0 Å². The Bertz CT molecular complexity index is 107. The molecule has 0 amide bonds. The second-order valence-electron chi connectivity index (χ2n) is 2.69. The van der Waals surface area contributed by atoms with Crippen LogP contribution in [0.4, 0.5) is 0 Å². The van der Waals surface area contributed by atoms with E-state index in [1.54, 1.807) is 0 Å². The summed E-state index contributed by atoms with van der Waals surface area (Å²) in [4.78, 5) is 10.1. The lowest BCUT2D eigenvalue weighted by Crippen LogP contribution is -2.12. The Morgan fingerprint density at radius 1 is 1.75 bits per heavy atom. The molecule has 0 spiro atoms. The van der Waals surface area contributed by atoms with Gasteiger partial charge in [-0.1, -0.05) is 6.92 Å². The minimum Gasteiger partial charge on any atom is -0.302 e. The van der Waals surface area contributed by atoms with Gasteiger partial charge in [-0.25, -0.2) is 0 Å². The fourth-order valence-electron chi connectivity index (χ4n) is 0.637. The quantitative estimate of drug-likeness (QED) is 0.412. The number of carbonyl (C=O) groups is 1. The smallest absolute Gasteiger partial charge is 0.138 e. The second kappa shape index (κ2) is 1.73. The van der Waals surface area contributed by atoms with Crippen LogP contribution in [0.2, 0.25) is 0 Å². The van der Waals surface area contributed by atoms with Crippen molar-refractivity contribution in [2.45, 2.75) is 25.1 Å². The van der Waals surface area contributed by atoms with Crippen LogP contribution in [0, 0.1) is 5.41 Å². The van der Waals surface area contributed by atoms with Crippen molar-refractivity contribution in [2.75, 3.05) is 0 Å². The molecule has 0 heterocycles. The average Bonchev–Trinajstić information content (AvgIpc) is 2.47. The van der Waals surface area contributed by atoms with Crippen molar-refractivity contribution in [3.8, 4) is 0 Å². The highest BCUT2D eigenvalue weighted by molar-refractivity contribution is 6.28. The van der Waals surface area contributed by atoms with Crippen LogP contribution >= 0.6 is 11.6 Å². The van der Waals surface area contributed by atoms with Crippen LogP contribution in [0.25, 0.3) is 0 Å². The van der Waals surface area contributed by atoms with Crippen LogP contribution in [0.1, 0.15) is 19.8 Å². The fourth-order valence-corrected chi connectivity index (χ4v) is 0.855. The van der Waals surface area contributed by atoms with E-state index in [4.69, 9.17) is 11.6 Å². The van der Waals surface area contributed by atoms with Crippen molar-refractivity contribution < 1.29 is 4.79 Å². The maximum atomic E-state index is 10.1. The first-order valence-electron chi connectivity index (χ1n) is 2.78. The zero-order valence-electron chi connectivity index (χ0n) is 4.86. The minimum atomic E-state index is -0.248. The van der Waals surface area contributed by atoms with E-state index in [1.807, 2.05) is 6.92 Å². The third kappa shape index (κ3) is 0.873. The average molecular weight is 133 g/mol. The van der Waals surface area contributed by atoms with E-state index in [9.17, 15) is 4.79 Å². The lowest BCUT2D eigenvalue weighted by molar-refractivity contribution is -0.108. The summed E-state index contributed by atoms with van der Waals surface area (Å²) in [6, 6.07) is 0. The van der Waals surface area contributed by atoms with Crippen LogP contribution < -0.4 is 0 Å². The molecule has 0 aromatic heterocycles. The molecule has 0 N–H and O–H groups in total. The number of aldehydes is 1. The summed E-state index contributed by atoms with van der Waals surface area (Å²) < 4.78 is 0. The van der Waals surface area contributed by atoms with Gasteiger partial charge in [0.2, 0.25) is 0 Å². The Morgan fingerprint density at radius 3 is 2.38 bits per heavy atom. The predicted octanol–water partition coefficient (Wildman–Crippen LogP) is 1.59. The molecular formula is C6H9ClO. The summed E-state index contributed by atoms with van der Waals surface area (Å²) in [5.41, 5.74) is 0.156. The van der Waals surface area contributed by atoms with Gasteiger partial charge in [-0.15, -0.1) is 11.6 Å². The van der Waals surface area contributed by atoms with Gasteiger partial charge in [0.15, 0.2) is 0 Å². The molecule has 0 aromatic carbocycles. The van der Waals surface area contributed by atoms with E-state index >= 15 is 0 Å². The van der Waals surface area contributed by atoms with Gasteiger partial charge in [0, 0.05) is 0 Å². The van der Waals surface area contributed by atoms with Gasteiger partial charge in [0.25, 0.3) is 0 Å². The molecular weight excluding hydrogens is 124 g/mol. The van der Waals surface area contributed by atoms with Gasteiger partial charge in [-0.05, 0) is 18.3 Å². The highest BCUT2D eigenvalue weighted by Gasteiger charge is 2.43. The van der Waals surface area contributed by atoms with E-state index in [0.717, 1.165) is 19.1 Å². The first-order chi connectivity index (χ1) is 3.69. The number of carbonyl (C=O) groups excluding carboxylic acids is 1. The van der Waals surface area contributed by atoms with E-state index in [2.05, 4.69) is 0 Å². The standard InChI is InChI=1S/C6H9ClO/c1-6(2-3-6)5(7)4-8/h4-5H,2-3H2,1H3. The zero-order chi connectivity index (χ0) is 6.20. The number of alkyl halides is 1. The topological polar surface area (TPSA) is 17.1 Å². The molecule has 8 heavy (non-hydrogen) atoms. The first-order valence-corrected chi connectivity index (χ1v) is 3.22. The molecule has 0 radical (unpaired) electrons. The van der Waals surface area contributed by atoms with Gasteiger partial charge in [-0.3, -0.25) is 0 Å². The normalized spacial score (nSPS) is 26.8. The van der Waals surface area contributed by atoms with E-state index in [1.165, 1.54) is 0 Å². The van der Waals surface area contributed by atoms with Gasteiger partial charge in [0.05, 0.1) is 5.38 Å². The monoisotopic (exact) mass is 132 g/mol. The lowest BCUT2D eigenvalue weighted by Gasteiger charge is -2.06. The maximum Gasteiger partial charge on any atom is 0.138 e. The summed E-state index contributed by atoms with van der Waals surface area (Å²) in [6.45, 7) is 2.04. The predicted molar refractivity (Wildman–Crippen MR) is 33.0 cm³/mol. The minimum absolute atomic E-state index is 0.156. The third-order valence-corrected chi connectivity index (χ3v) is 2.45. The second-order valence-corrected chi connectivity index (χ2v) is 3.16. The Hall–Kier alpha value is -0.0400. The van der Waals surface area contributed by atoms with Gasteiger partial charge in [0.1, 0.15) is 6.29 Å². The van der Waals surface area contributed by atoms with Crippen LogP contribution in [0.15, 0.2) is 0 Å². The molecule has 1 fully saturated rings. The van der Waals surface area contributed by atoms with Crippen molar-refractivity contribution in [3.63, 3.8) is 0 Å². The summed E-state index contributed by atoms with van der Waals surface area (Å²) in [5.74, 6) is 0. The molecule has 1 atom stereocenters. The Kier molecular flexibility index (Phi) is 1.31. The highest BCUT2D eigenvalue weighted by atomic mass is 35.5.